The van der Waals surface area contributed by atoms with Gasteiger partial charge in [-0.15, -0.1) is 0 Å². The van der Waals surface area contributed by atoms with Gasteiger partial charge in [-0.05, 0) is 37.1 Å². The molecule has 0 saturated heterocycles. The number of fused-ring (bicyclic) bond motifs is 1. The normalized spacial score (nSPS) is 12.0. The third-order valence-corrected chi connectivity index (χ3v) is 4.69. The number of benzene rings is 2. The molecule has 0 saturated carbocycles. The van der Waals surface area contributed by atoms with Crippen molar-refractivity contribution in [1.29, 1.82) is 0 Å². The van der Waals surface area contributed by atoms with Crippen LogP contribution in [0.3, 0.4) is 0 Å². The number of rotatable bonds is 9. The van der Waals surface area contributed by atoms with Gasteiger partial charge in [-0.25, -0.2) is 0 Å². The molecule has 6 nitrogen and oxygen atoms in total. The number of amides is 1. The van der Waals surface area contributed by atoms with E-state index in [9.17, 15) is 4.79 Å². The molecule has 1 N–H and O–H groups in total. The van der Waals surface area contributed by atoms with E-state index in [1.165, 1.54) is 0 Å². The molecule has 0 aliphatic carbocycles. The minimum atomic E-state index is -0.286. The molecule has 0 radical (unpaired) electrons. The maximum absolute atomic E-state index is 12.9. The first-order chi connectivity index (χ1) is 14.1. The Balaban J connectivity index is 1.82. The SMILES string of the molecule is CCCOc1ccc(C(C)NC(=O)c2oc3ccccc3c2COC)cc1OC. The van der Waals surface area contributed by atoms with Gasteiger partial charge >= 0.3 is 0 Å². The molecular formula is C23H27NO5. The number of carbonyl (C=O) groups is 1. The lowest BCUT2D eigenvalue weighted by atomic mass is 10.1. The van der Waals surface area contributed by atoms with E-state index < -0.39 is 0 Å². The van der Waals surface area contributed by atoms with Crippen LogP contribution in [0.25, 0.3) is 11.0 Å². The average molecular weight is 397 g/mol. The summed E-state index contributed by atoms with van der Waals surface area (Å²) >= 11 is 0. The third kappa shape index (κ3) is 4.54. The zero-order valence-electron chi connectivity index (χ0n) is 17.3. The molecule has 2 aromatic carbocycles. The highest BCUT2D eigenvalue weighted by Gasteiger charge is 2.22. The zero-order valence-corrected chi connectivity index (χ0v) is 17.3. The Bertz CT molecular complexity index is 979. The molecule has 1 amide bonds. The standard InChI is InChI=1S/C23H27NO5/c1-5-12-28-20-11-10-16(13-21(20)27-4)15(2)24-23(25)22-18(14-26-3)17-8-6-7-9-19(17)29-22/h6-11,13,15H,5,12,14H2,1-4H3,(H,24,25). The monoisotopic (exact) mass is 397 g/mol. The van der Waals surface area contributed by atoms with Crippen molar-refractivity contribution in [3.05, 3.63) is 59.4 Å². The van der Waals surface area contributed by atoms with E-state index in [1.54, 1.807) is 14.2 Å². The molecule has 0 fully saturated rings. The van der Waals surface area contributed by atoms with Gasteiger partial charge in [0.15, 0.2) is 17.3 Å². The van der Waals surface area contributed by atoms with E-state index in [1.807, 2.05) is 56.3 Å². The number of para-hydroxylation sites is 1. The van der Waals surface area contributed by atoms with Crippen molar-refractivity contribution >= 4 is 16.9 Å². The van der Waals surface area contributed by atoms with Gasteiger partial charge in [0.2, 0.25) is 0 Å². The lowest BCUT2D eigenvalue weighted by Crippen LogP contribution is -2.27. The molecule has 0 bridgehead atoms. The first kappa shape index (κ1) is 20.7. The first-order valence-electron chi connectivity index (χ1n) is 9.70. The molecule has 0 spiro atoms. The van der Waals surface area contributed by atoms with Gasteiger partial charge in [-0.2, -0.15) is 0 Å². The Morgan fingerprint density at radius 2 is 1.93 bits per heavy atom. The molecule has 154 valence electrons. The van der Waals surface area contributed by atoms with Crippen LogP contribution in [-0.2, 0) is 11.3 Å². The minimum absolute atomic E-state index is 0.250. The van der Waals surface area contributed by atoms with Gasteiger partial charge < -0.3 is 23.9 Å². The van der Waals surface area contributed by atoms with Crippen molar-refractivity contribution in [3.8, 4) is 11.5 Å². The number of hydrogen-bond acceptors (Lipinski definition) is 5. The van der Waals surface area contributed by atoms with Crippen LogP contribution in [0.15, 0.2) is 46.9 Å². The van der Waals surface area contributed by atoms with E-state index in [4.69, 9.17) is 18.6 Å². The predicted octanol–water partition coefficient (Wildman–Crippen LogP) is 4.87. The molecule has 1 aromatic heterocycles. The van der Waals surface area contributed by atoms with Gasteiger partial charge in [0.1, 0.15) is 5.58 Å². The van der Waals surface area contributed by atoms with Crippen LogP contribution in [0.2, 0.25) is 0 Å². The van der Waals surface area contributed by atoms with E-state index in [2.05, 4.69) is 5.32 Å². The van der Waals surface area contributed by atoms with Gasteiger partial charge in [-0.1, -0.05) is 31.2 Å². The maximum atomic E-state index is 12.9. The Hall–Kier alpha value is -2.99. The second-order valence-electron chi connectivity index (χ2n) is 6.79. The molecule has 3 aromatic rings. The Labute approximate surface area is 170 Å². The number of hydrogen-bond donors (Lipinski definition) is 1. The van der Waals surface area contributed by atoms with Crippen LogP contribution >= 0.6 is 0 Å². The van der Waals surface area contributed by atoms with E-state index >= 15 is 0 Å². The lowest BCUT2D eigenvalue weighted by molar-refractivity contribution is 0.0907. The number of nitrogens with one attached hydrogen (secondary N) is 1. The molecule has 0 aliphatic rings. The Kier molecular flexibility index (Phi) is 6.77. The Morgan fingerprint density at radius 1 is 1.14 bits per heavy atom. The van der Waals surface area contributed by atoms with Gasteiger partial charge in [0, 0.05) is 18.1 Å². The van der Waals surface area contributed by atoms with E-state index in [0.717, 1.165) is 22.9 Å². The zero-order chi connectivity index (χ0) is 20.8. The molecule has 1 unspecified atom stereocenters. The molecule has 0 aliphatic heterocycles. The summed E-state index contributed by atoms with van der Waals surface area (Å²) in [6, 6.07) is 13.0. The summed E-state index contributed by atoms with van der Waals surface area (Å²) in [6.45, 7) is 4.88. The predicted molar refractivity (Wildman–Crippen MR) is 112 cm³/mol. The minimum Gasteiger partial charge on any atom is -0.493 e. The number of carbonyl (C=O) groups excluding carboxylic acids is 1. The van der Waals surface area contributed by atoms with Crippen LogP contribution < -0.4 is 14.8 Å². The molecule has 1 atom stereocenters. The van der Waals surface area contributed by atoms with Crippen molar-refractivity contribution in [2.24, 2.45) is 0 Å². The molecule has 1 heterocycles. The summed E-state index contributed by atoms with van der Waals surface area (Å²) in [6.07, 6.45) is 0.915. The fraction of sp³-hybridized carbons (Fsp3) is 0.348. The topological polar surface area (TPSA) is 69.9 Å². The lowest BCUT2D eigenvalue weighted by Gasteiger charge is -2.17. The number of furan rings is 1. The first-order valence-corrected chi connectivity index (χ1v) is 9.70. The highest BCUT2D eigenvalue weighted by molar-refractivity contribution is 5.99. The highest BCUT2D eigenvalue weighted by Crippen LogP contribution is 2.31. The maximum Gasteiger partial charge on any atom is 0.287 e. The summed E-state index contributed by atoms with van der Waals surface area (Å²) in [5.74, 6) is 1.32. The largest absolute Gasteiger partial charge is 0.493 e. The van der Waals surface area contributed by atoms with Crippen molar-refractivity contribution in [2.45, 2.75) is 32.9 Å². The third-order valence-electron chi connectivity index (χ3n) is 4.69. The van der Waals surface area contributed by atoms with Gasteiger partial charge in [0.05, 0.1) is 26.4 Å². The van der Waals surface area contributed by atoms with Crippen LogP contribution in [0, 0.1) is 0 Å². The second kappa shape index (κ2) is 9.47. The fourth-order valence-electron chi connectivity index (χ4n) is 3.20. The quantitative estimate of drug-likeness (QED) is 0.558. The van der Waals surface area contributed by atoms with Crippen LogP contribution in [0.5, 0.6) is 11.5 Å². The summed E-state index contributed by atoms with van der Waals surface area (Å²) in [4.78, 5) is 12.9. The van der Waals surface area contributed by atoms with Crippen LogP contribution in [0.4, 0.5) is 0 Å². The van der Waals surface area contributed by atoms with Crippen molar-refractivity contribution in [3.63, 3.8) is 0 Å². The average Bonchev–Trinajstić information content (AvgIpc) is 3.11. The van der Waals surface area contributed by atoms with Crippen LogP contribution in [0.1, 0.15) is 48.0 Å². The van der Waals surface area contributed by atoms with Gasteiger partial charge in [-0.3, -0.25) is 4.79 Å². The molecule has 6 heteroatoms. The summed E-state index contributed by atoms with van der Waals surface area (Å²) in [5, 5.41) is 3.88. The van der Waals surface area contributed by atoms with Crippen molar-refractivity contribution < 1.29 is 23.4 Å². The molecule has 3 rings (SSSR count). The van der Waals surface area contributed by atoms with E-state index in [-0.39, 0.29) is 17.7 Å². The molecular weight excluding hydrogens is 370 g/mol. The van der Waals surface area contributed by atoms with Crippen molar-refractivity contribution in [1.82, 2.24) is 5.32 Å². The number of methoxy groups -OCH3 is 2. The molecule has 29 heavy (non-hydrogen) atoms. The summed E-state index contributed by atoms with van der Waals surface area (Å²) < 4.78 is 22.2. The summed E-state index contributed by atoms with van der Waals surface area (Å²) in [7, 11) is 3.20. The number of ether oxygens (including phenoxy) is 3. The van der Waals surface area contributed by atoms with Crippen LogP contribution in [-0.4, -0.2) is 26.7 Å². The van der Waals surface area contributed by atoms with Crippen molar-refractivity contribution in [2.75, 3.05) is 20.8 Å². The van der Waals surface area contributed by atoms with Gasteiger partial charge in [0.25, 0.3) is 5.91 Å². The second-order valence-corrected chi connectivity index (χ2v) is 6.79. The Morgan fingerprint density at radius 3 is 2.66 bits per heavy atom. The fourth-order valence-corrected chi connectivity index (χ4v) is 3.20. The van der Waals surface area contributed by atoms with E-state index in [0.29, 0.717) is 30.3 Å². The summed E-state index contributed by atoms with van der Waals surface area (Å²) in [5.41, 5.74) is 2.31. The smallest absolute Gasteiger partial charge is 0.287 e. The highest BCUT2D eigenvalue weighted by atomic mass is 16.5.